The summed E-state index contributed by atoms with van der Waals surface area (Å²) < 4.78 is 0. The van der Waals surface area contributed by atoms with Crippen LogP contribution in [0.25, 0.3) is 11.1 Å². The molecule has 2 amide bonds. The van der Waals surface area contributed by atoms with Gasteiger partial charge in [-0.05, 0) is 49.6 Å². The van der Waals surface area contributed by atoms with Crippen LogP contribution in [0.5, 0.6) is 0 Å². The fraction of sp³-hybridized carbons (Fsp3) is 0.391. The zero-order valence-electron chi connectivity index (χ0n) is 16.9. The molecule has 0 radical (unpaired) electrons. The van der Waals surface area contributed by atoms with Crippen LogP contribution in [0.15, 0.2) is 48.5 Å². The van der Waals surface area contributed by atoms with Crippen LogP contribution in [0.2, 0.25) is 0 Å². The Morgan fingerprint density at radius 3 is 2.54 bits per heavy atom. The molecule has 0 aliphatic carbocycles. The molecule has 2 aromatic carbocycles. The number of rotatable bonds is 5. The van der Waals surface area contributed by atoms with Crippen molar-refractivity contribution in [1.29, 1.82) is 0 Å². The highest BCUT2D eigenvalue weighted by atomic mass is 16.2. The average molecular weight is 380 g/mol. The van der Waals surface area contributed by atoms with Crippen LogP contribution in [0.3, 0.4) is 0 Å². The largest absolute Gasteiger partial charge is 0.366 e. The number of piperazine rings is 1. The van der Waals surface area contributed by atoms with Gasteiger partial charge in [-0.1, -0.05) is 37.3 Å². The quantitative estimate of drug-likeness (QED) is 0.866. The summed E-state index contributed by atoms with van der Waals surface area (Å²) in [6, 6.07) is 15.6. The number of nitrogens with two attached hydrogens (primary N) is 1. The van der Waals surface area contributed by atoms with E-state index in [1.807, 2.05) is 41.3 Å². The maximum absolute atomic E-state index is 13.2. The number of benzene rings is 2. The third-order valence-electron chi connectivity index (χ3n) is 5.56. The molecule has 0 bridgehead atoms. The van der Waals surface area contributed by atoms with Crippen molar-refractivity contribution in [3.8, 4) is 11.1 Å². The first-order valence-corrected chi connectivity index (χ1v) is 9.96. The van der Waals surface area contributed by atoms with Gasteiger partial charge >= 0.3 is 0 Å². The van der Waals surface area contributed by atoms with Gasteiger partial charge in [0.2, 0.25) is 5.91 Å². The Balaban J connectivity index is 1.85. The molecule has 0 spiro atoms. The molecule has 148 valence electrons. The van der Waals surface area contributed by atoms with Gasteiger partial charge in [-0.3, -0.25) is 14.5 Å². The van der Waals surface area contributed by atoms with Crippen molar-refractivity contribution in [2.45, 2.75) is 39.3 Å². The van der Waals surface area contributed by atoms with Crippen LogP contribution < -0.4 is 5.73 Å². The van der Waals surface area contributed by atoms with Crippen LogP contribution >= 0.6 is 0 Å². The summed E-state index contributed by atoms with van der Waals surface area (Å²) in [6.45, 7) is 8.96. The molecule has 1 heterocycles. The Labute approximate surface area is 167 Å². The lowest BCUT2D eigenvalue weighted by molar-refractivity contribution is 0.0371. The van der Waals surface area contributed by atoms with E-state index in [0.717, 1.165) is 37.2 Å². The molecular formula is C23H29N3O2. The lowest BCUT2D eigenvalue weighted by Crippen LogP contribution is -2.56. The molecular weight excluding hydrogens is 350 g/mol. The molecule has 3 rings (SSSR count). The third-order valence-corrected chi connectivity index (χ3v) is 5.56. The van der Waals surface area contributed by atoms with Crippen LogP contribution in [0.1, 0.15) is 47.9 Å². The number of hydrogen-bond donors (Lipinski definition) is 1. The normalized spacial score (nSPS) is 17.7. The van der Waals surface area contributed by atoms with E-state index in [1.54, 1.807) is 12.1 Å². The molecule has 1 fully saturated rings. The molecule has 5 heteroatoms. The Kier molecular flexibility index (Phi) is 6.15. The predicted molar refractivity (Wildman–Crippen MR) is 112 cm³/mol. The van der Waals surface area contributed by atoms with E-state index in [9.17, 15) is 9.59 Å². The van der Waals surface area contributed by atoms with E-state index in [2.05, 4.69) is 25.7 Å². The summed E-state index contributed by atoms with van der Waals surface area (Å²) in [4.78, 5) is 29.3. The summed E-state index contributed by atoms with van der Waals surface area (Å²) in [7, 11) is 0. The first-order valence-electron chi connectivity index (χ1n) is 9.96. The number of primary amides is 1. The number of hydrogen-bond acceptors (Lipinski definition) is 3. The molecule has 0 aromatic heterocycles. The maximum Gasteiger partial charge on any atom is 0.253 e. The van der Waals surface area contributed by atoms with Gasteiger partial charge in [0.15, 0.2) is 0 Å². The van der Waals surface area contributed by atoms with Gasteiger partial charge in [0.05, 0.1) is 0 Å². The van der Waals surface area contributed by atoms with Crippen LogP contribution in [-0.4, -0.2) is 53.3 Å². The van der Waals surface area contributed by atoms with E-state index < -0.39 is 5.91 Å². The van der Waals surface area contributed by atoms with E-state index in [4.69, 9.17) is 5.73 Å². The highest BCUT2D eigenvalue weighted by molar-refractivity contribution is 6.01. The van der Waals surface area contributed by atoms with Gasteiger partial charge in [0.25, 0.3) is 5.91 Å². The van der Waals surface area contributed by atoms with Crippen LogP contribution in [0.4, 0.5) is 0 Å². The zero-order valence-corrected chi connectivity index (χ0v) is 16.9. The van der Waals surface area contributed by atoms with Crippen LogP contribution in [-0.2, 0) is 0 Å². The van der Waals surface area contributed by atoms with Crippen molar-refractivity contribution in [2.75, 3.05) is 19.6 Å². The molecule has 1 atom stereocenters. The molecule has 1 saturated heterocycles. The lowest BCUT2D eigenvalue weighted by Gasteiger charge is -2.43. The van der Waals surface area contributed by atoms with Gasteiger partial charge in [-0.2, -0.15) is 0 Å². The van der Waals surface area contributed by atoms with Crippen molar-refractivity contribution in [2.24, 2.45) is 5.73 Å². The minimum atomic E-state index is -0.470. The van der Waals surface area contributed by atoms with Crippen molar-refractivity contribution in [1.82, 2.24) is 9.80 Å². The van der Waals surface area contributed by atoms with Gasteiger partial charge in [0, 0.05) is 42.8 Å². The highest BCUT2D eigenvalue weighted by Crippen LogP contribution is 2.25. The van der Waals surface area contributed by atoms with E-state index in [1.165, 1.54) is 0 Å². The summed E-state index contributed by atoms with van der Waals surface area (Å²) in [5.41, 5.74) is 8.20. The highest BCUT2D eigenvalue weighted by Gasteiger charge is 2.30. The standard InChI is InChI=1S/C23H29N3O2/c1-4-19-15-25(12-13-26(19)16(2)3)23(28)18-9-7-8-17(14-18)20-10-5-6-11-21(20)22(24)27/h5-11,14,16,19H,4,12-13,15H2,1-3H3,(H2,24,27). The zero-order chi connectivity index (χ0) is 20.3. The second kappa shape index (κ2) is 8.57. The number of carbonyl (C=O) groups excluding carboxylic acids is 2. The second-order valence-corrected chi connectivity index (χ2v) is 7.64. The maximum atomic E-state index is 13.2. The van der Waals surface area contributed by atoms with E-state index in [-0.39, 0.29) is 5.91 Å². The Morgan fingerprint density at radius 1 is 1.11 bits per heavy atom. The van der Waals surface area contributed by atoms with E-state index >= 15 is 0 Å². The summed E-state index contributed by atoms with van der Waals surface area (Å²) >= 11 is 0. The summed E-state index contributed by atoms with van der Waals surface area (Å²) in [6.07, 6.45) is 1.02. The molecule has 2 aromatic rings. The topological polar surface area (TPSA) is 66.6 Å². The monoisotopic (exact) mass is 379 g/mol. The smallest absolute Gasteiger partial charge is 0.253 e. The van der Waals surface area contributed by atoms with Gasteiger partial charge in [-0.15, -0.1) is 0 Å². The Morgan fingerprint density at radius 2 is 1.86 bits per heavy atom. The Bertz CT molecular complexity index is 862. The fourth-order valence-corrected chi connectivity index (χ4v) is 4.05. The average Bonchev–Trinajstić information content (AvgIpc) is 2.72. The summed E-state index contributed by atoms with van der Waals surface area (Å²) in [5, 5.41) is 0. The third kappa shape index (κ3) is 4.09. The summed E-state index contributed by atoms with van der Waals surface area (Å²) in [5.74, 6) is -0.428. The van der Waals surface area contributed by atoms with E-state index in [0.29, 0.717) is 23.2 Å². The number of amides is 2. The molecule has 1 aliphatic rings. The van der Waals surface area contributed by atoms with Crippen molar-refractivity contribution in [3.63, 3.8) is 0 Å². The molecule has 5 nitrogen and oxygen atoms in total. The minimum absolute atomic E-state index is 0.0419. The molecule has 1 unspecified atom stereocenters. The molecule has 28 heavy (non-hydrogen) atoms. The SMILES string of the molecule is CCC1CN(C(=O)c2cccc(-c3ccccc3C(N)=O)c2)CCN1C(C)C. The number of carbonyl (C=O) groups is 2. The number of nitrogens with zero attached hydrogens (tertiary/aromatic N) is 2. The van der Waals surface area contributed by atoms with Gasteiger partial charge < -0.3 is 10.6 Å². The fourth-order valence-electron chi connectivity index (χ4n) is 4.05. The predicted octanol–water partition coefficient (Wildman–Crippen LogP) is 3.40. The first kappa shape index (κ1) is 20.1. The molecule has 1 aliphatic heterocycles. The van der Waals surface area contributed by atoms with Crippen LogP contribution in [0, 0.1) is 0 Å². The lowest BCUT2D eigenvalue weighted by atomic mass is 9.97. The van der Waals surface area contributed by atoms with Crippen molar-refractivity contribution < 1.29 is 9.59 Å². The molecule has 2 N–H and O–H groups in total. The first-order chi connectivity index (χ1) is 13.4. The van der Waals surface area contributed by atoms with Gasteiger partial charge in [0.1, 0.15) is 0 Å². The Hall–Kier alpha value is -2.66. The molecule has 0 saturated carbocycles. The van der Waals surface area contributed by atoms with Crippen molar-refractivity contribution >= 4 is 11.8 Å². The van der Waals surface area contributed by atoms with Gasteiger partial charge in [-0.25, -0.2) is 0 Å². The second-order valence-electron chi connectivity index (χ2n) is 7.64. The van der Waals surface area contributed by atoms with Crippen molar-refractivity contribution in [3.05, 3.63) is 59.7 Å². The minimum Gasteiger partial charge on any atom is -0.366 e.